The van der Waals surface area contributed by atoms with Crippen LogP contribution in [0.5, 0.6) is 5.75 Å². The minimum absolute atomic E-state index is 0. The van der Waals surface area contributed by atoms with E-state index < -0.39 is 10.0 Å². The lowest BCUT2D eigenvalue weighted by molar-refractivity contribution is 0.475. The summed E-state index contributed by atoms with van der Waals surface area (Å²) in [6, 6.07) is 20.9. The summed E-state index contributed by atoms with van der Waals surface area (Å²) in [5, 5.41) is 14.5. The van der Waals surface area contributed by atoms with E-state index in [0.717, 1.165) is 63.0 Å². The van der Waals surface area contributed by atoms with Gasteiger partial charge in [0.2, 0.25) is 17.8 Å². The van der Waals surface area contributed by atoms with Crippen LogP contribution < -0.4 is 43.6 Å². The number of piperidine rings is 1. The van der Waals surface area contributed by atoms with Gasteiger partial charge in [0, 0.05) is 43.6 Å². The van der Waals surface area contributed by atoms with Gasteiger partial charge in [-0.1, -0.05) is 48.0 Å². The number of aromatic nitrogens is 3. The molecule has 2 saturated heterocycles. The van der Waals surface area contributed by atoms with Gasteiger partial charge < -0.3 is 44.4 Å². The van der Waals surface area contributed by atoms with Crippen molar-refractivity contribution in [2.45, 2.75) is 50.5 Å². The normalized spacial score (nSPS) is 13.7. The van der Waals surface area contributed by atoms with Crippen molar-refractivity contribution in [3.63, 3.8) is 0 Å². The van der Waals surface area contributed by atoms with E-state index in [-0.39, 0.29) is 59.4 Å². The summed E-state index contributed by atoms with van der Waals surface area (Å²) in [5.74, 6) is 1.51. The number of hydrogen-bond donors (Lipinski definition) is 6. The zero-order valence-corrected chi connectivity index (χ0v) is 30.1. The number of aryl methyl sites for hydroxylation is 1. The standard InChI is InChI=1S/C32H37N7O3S.CH5N.ClH.3H3N.4H2/c1-24-12-15-27(16-13-24)43(41,42)39(23-25-10-4-2-5-11-25)28-17-14-26(22-29(28)40)33-30-34-31(37-18-6-3-7-19-37)36-32(35-30)38-20-8-9-21-38;1-2;;;;;;;;/h2,4-5,10-17,22,40H,3,6-9,18-21,23H2,1H3,(H,33,34,35,36);2H2,1H3;1H;3*1H3;4*1H. The fourth-order valence-electron chi connectivity index (χ4n) is 5.53. The van der Waals surface area contributed by atoms with Crippen LogP contribution >= 0.6 is 12.4 Å². The number of phenols is 1. The lowest BCUT2D eigenvalue weighted by Crippen LogP contribution is -2.32. The van der Waals surface area contributed by atoms with Gasteiger partial charge in [0.05, 0.1) is 17.1 Å². The maximum absolute atomic E-state index is 13.9. The maximum Gasteiger partial charge on any atom is 0.264 e. The van der Waals surface area contributed by atoms with E-state index in [9.17, 15) is 13.5 Å². The van der Waals surface area contributed by atoms with E-state index in [1.807, 2.05) is 37.3 Å². The number of sulfonamides is 1. The molecule has 0 unspecified atom stereocenters. The third kappa shape index (κ3) is 10.4. The Kier molecular flexibility index (Phi) is 17.2. The number of anilines is 5. The average Bonchev–Trinajstić information content (AvgIpc) is 3.62. The first-order chi connectivity index (χ1) is 21.9. The summed E-state index contributed by atoms with van der Waals surface area (Å²) >= 11 is 0. The highest BCUT2D eigenvalue weighted by Gasteiger charge is 2.28. The van der Waals surface area contributed by atoms with Gasteiger partial charge in [0.1, 0.15) is 5.75 Å². The van der Waals surface area contributed by atoms with E-state index >= 15 is 0 Å². The van der Waals surface area contributed by atoms with Gasteiger partial charge in [0.15, 0.2) is 0 Å². The molecule has 3 heterocycles. The molecule has 13 N–H and O–H groups in total. The molecular formula is C33H60ClN11O3S. The third-order valence-corrected chi connectivity index (χ3v) is 9.69. The van der Waals surface area contributed by atoms with E-state index in [0.29, 0.717) is 23.5 Å². The molecule has 0 amide bonds. The highest BCUT2D eigenvalue weighted by molar-refractivity contribution is 7.92. The van der Waals surface area contributed by atoms with Crippen molar-refractivity contribution < 1.29 is 19.2 Å². The predicted molar refractivity (Wildman–Crippen MR) is 211 cm³/mol. The van der Waals surface area contributed by atoms with Crippen LogP contribution in [0.4, 0.5) is 29.2 Å². The summed E-state index contributed by atoms with van der Waals surface area (Å²) in [5.41, 5.74) is 6.97. The zero-order valence-electron chi connectivity index (χ0n) is 28.5. The van der Waals surface area contributed by atoms with Crippen molar-refractivity contribution in [3.8, 4) is 5.75 Å². The third-order valence-electron chi connectivity index (χ3n) is 7.92. The Hall–Kier alpha value is -4.25. The molecule has 0 aliphatic carbocycles. The van der Waals surface area contributed by atoms with Gasteiger partial charge >= 0.3 is 0 Å². The molecule has 2 aliphatic heterocycles. The molecule has 4 aromatic rings. The Morgan fingerprint density at radius 1 is 0.796 bits per heavy atom. The molecule has 2 aliphatic rings. The van der Waals surface area contributed by atoms with Gasteiger partial charge in [-0.15, -0.1) is 12.4 Å². The largest absolute Gasteiger partial charge is 0.506 e. The van der Waals surface area contributed by atoms with Gasteiger partial charge in [-0.25, -0.2) is 8.42 Å². The molecule has 0 saturated carbocycles. The monoisotopic (exact) mass is 725 g/mol. The molecular weight excluding hydrogens is 666 g/mol. The molecule has 49 heavy (non-hydrogen) atoms. The zero-order chi connectivity index (χ0) is 31.8. The summed E-state index contributed by atoms with van der Waals surface area (Å²) in [6.07, 6.45) is 5.63. The van der Waals surface area contributed by atoms with Gasteiger partial charge in [-0.05, 0) is 75.9 Å². The minimum atomic E-state index is -3.99. The van der Waals surface area contributed by atoms with E-state index in [1.54, 1.807) is 36.4 Å². The van der Waals surface area contributed by atoms with Crippen molar-refractivity contribution in [3.05, 3.63) is 83.9 Å². The van der Waals surface area contributed by atoms with Crippen LogP contribution in [0.2, 0.25) is 0 Å². The molecule has 16 heteroatoms. The van der Waals surface area contributed by atoms with Crippen molar-refractivity contribution >= 4 is 51.7 Å². The van der Waals surface area contributed by atoms with E-state index in [2.05, 4.69) is 20.9 Å². The minimum Gasteiger partial charge on any atom is -0.506 e. The lowest BCUT2D eigenvalue weighted by Gasteiger charge is -2.28. The highest BCUT2D eigenvalue weighted by Crippen LogP contribution is 2.36. The number of nitrogens with zero attached hydrogens (tertiary/aromatic N) is 6. The molecule has 0 spiro atoms. The Labute approximate surface area is 302 Å². The Balaban J connectivity index is -0.00000118. The van der Waals surface area contributed by atoms with Crippen LogP contribution in [0.25, 0.3) is 0 Å². The van der Waals surface area contributed by atoms with E-state index in [4.69, 9.17) is 15.0 Å². The number of nitrogens with two attached hydrogens (primary N) is 1. The first-order valence-corrected chi connectivity index (χ1v) is 16.9. The second-order valence-electron chi connectivity index (χ2n) is 11.1. The second-order valence-corrected chi connectivity index (χ2v) is 13.0. The maximum atomic E-state index is 13.9. The fraction of sp³-hybridized carbons (Fsp3) is 0.364. The summed E-state index contributed by atoms with van der Waals surface area (Å²) in [6.45, 7) is 5.60. The van der Waals surface area contributed by atoms with Crippen LogP contribution in [0.15, 0.2) is 77.7 Å². The molecule has 1 aromatic heterocycles. The smallest absolute Gasteiger partial charge is 0.264 e. The summed E-state index contributed by atoms with van der Waals surface area (Å²) in [7, 11) is -2.49. The van der Waals surface area contributed by atoms with Crippen LogP contribution in [-0.2, 0) is 16.6 Å². The Morgan fingerprint density at radius 2 is 1.33 bits per heavy atom. The topological polar surface area (TPSA) is 246 Å². The molecule has 14 nitrogen and oxygen atoms in total. The predicted octanol–water partition coefficient (Wildman–Crippen LogP) is 7.08. The Bertz CT molecular complexity index is 1690. The first-order valence-electron chi connectivity index (χ1n) is 15.4. The molecule has 0 radical (unpaired) electrons. The first kappa shape index (κ1) is 42.8. The molecule has 278 valence electrons. The number of hydrogen-bond acceptors (Lipinski definition) is 13. The molecule has 6 rings (SSSR count). The summed E-state index contributed by atoms with van der Waals surface area (Å²) in [4.78, 5) is 18.8. The lowest BCUT2D eigenvalue weighted by atomic mass is 10.1. The SMILES string of the molecule is CN.Cc1ccc(S(=O)(=O)N(Cc2ccccc2)c2ccc(Nc3nc(N4CCCCC4)nc(N4CCCC4)n3)cc2O)cc1.Cl.N.N.N.[HH].[HH].[HH].[HH]. The number of aromatic hydroxyl groups is 1. The number of nitrogens with one attached hydrogen (secondary N) is 1. The van der Waals surface area contributed by atoms with Crippen molar-refractivity contribution in [1.82, 2.24) is 33.4 Å². The Morgan fingerprint density at radius 3 is 1.86 bits per heavy atom. The number of halogens is 1. The van der Waals surface area contributed by atoms with Crippen molar-refractivity contribution in [2.75, 3.05) is 52.6 Å². The van der Waals surface area contributed by atoms with Crippen molar-refractivity contribution in [2.24, 2.45) is 5.73 Å². The van der Waals surface area contributed by atoms with E-state index in [1.165, 1.54) is 23.8 Å². The van der Waals surface area contributed by atoms with Crippen LogP contribution in [-0.4, -0.2) is 61.7 Å². The molecule has 0 bridgehead atoms. The molecule has 2 fully saturated rings. The summed E-state index contributed by atoms with van der Waals surface area (Å²) < 4.78 is 29.0. The van der Waals surface area contributed by atoms with Gasteiger partial charge in [0.25, 0.3) is 10.0 Å². The quantitative estimate of drug-likeness (QED) is 0.101. The number of benzene rings is 3. The second kappa shape index (κ2) is 19.7. The molecule has 0 atom stereocenters. The average molecular weight is 726 g/mol. The molecule has 3 aromatic carbocycles. The number of rotatable bonds is 9. The fourth-order valence-corrected chi connectivity index (χ4v) is 7.00. The van der Waals surface area contributed by atoms with Crippen molar-refractivity contribution in [1.29, 1.82) is 0 Å². The van der Waals surface area contributed by atoms with Gasteiger partial charge in [-0.3, -0.25) is 4.31 Å². The van der Waals surface area contributed by atoms with Crippen LogP contribution in [0.1, 0.15) is 48.9 Å². The van der Waals surface area contributed by atoms with Crippen LogP contribution in [0, 0.1) is 6.92 Å². The highest BCUT2D eigenvalue weighted by atomic mass is 35.5. The number of phenolic OH excluding ortho intramolecular Hbond substituents is 1. The van der Waals surface area contributed by atoms with Gasteiger partial charge in [-0.2, -0.15) is 15.0 Å². The van der Waals surface area contributed by atoms with Crippen LogP contribution in [0.3, 0.4) is 0 Å².